The van der Waals surface area contributed by atoms with Crippen molar-refractivity contribution < 1.29 is 9.21 Å². The van der Waals surface area contributed by atoms with E-state index in [9.17, 15) is 4.79 Å². The minimum Gasteiger partial charge on any atom is -0.459 e. The summed E-state index contributed by atoms with van der Waals surface area (Å²) >= 11 is 0. The Kier molecular flexibility index (Phi) is 2.77. The standard InChI is InChI=1S/C12H13NO2/c1-2-7-13(9-10-5-6-10)12(14)11-4-3-8-15-11/h1,3-4,8,10H,5-7,9H2. The number of terminal acetylenes is 1. The molecule has 3 heteroatoms. The molecule has 0 radical (unpaired) electrons. The Hall–Kier alpha value is -1.69. The van der Waals surface area contributed by atoms with E-state index in [-0.39, 0.29) is 5.91 Å². The van der Waals surface area contributed by atoms with E-state index in [1.54, 1.807) is 17.0 Å². The van der Waals surface area contributed by atoms with Crippen LogP contribution >= 0.6 is 0 Å². The molecule has 1 heterocycles. The second kappa shape index (κ2) is 4.22. The minimum atomic E-state index is -0.107. The predicted octanol–water partition coefficient (Wildman–Crippen LogP) is 1.77. The molecule has 1 saturated carbocycles. The van der Waals surface area contributed by atoms with Gasteiger partial charge in [0.05, 0.1) is 12.8 Å². The van der Waals surface area contributed by atoms with Gasteiger partial charge in [0.25, 0.3) is 5.91 Å². The average molecular weight is 203 g/mol. The van der Waals surface area contributed by atoms with Gasteiger partial charge in [-0.1, -0.05) is 5.92 Å². The summed E-state index contributed by atoms with van der Waals surface area (Å²) in [7, 11) is 0. The smallest absolute Gasteiger partial charge is 0.290 e. The lowest BCUT2D eigenvalue weighted by Gasteiger charge is -2.18. The number of hydrogen-bond acceptors (Lipinski definition) is 2. The van der Waals surface area contributed by atoms with Crippen LogP contribution in [0.3, 0.4) is 0 Å². The lowest BCUT2D eigenvalue weighted by atomic mass is 10.3. The molecule has 2 rings (SSSR count). The summed E-state index contributed by atoms with van der Waals surface area (Å²) in [6, 6.07) is 3.37. The summed E-state index contributed by atoms with van der Waals surface area (Å²) < 4.78 is 5.06. The highest BCUT2D eigenvalue weighted by atomic mass is 16.3. The van der Waals surface area contributed by atoms with Crippen molar-refractivity contribution in [2.75, 3.05) is 13.1 Å². The van der Waals surface area contributed by atoms with Crippen LogP contribution in [0, 0.1) is 18.3 Å². The number of rotatable bonds is 4. The van der Waals surface area contributed by atoms with Gasteiger partial charge >= 0.3 is 0 Å². The zero-order chi connectivity index (χ0) is 10.7. The second-order valence-electron chi connectivity index (χ2n) is 3.81. The van der Waals surface area contributed by atoms with Crippen molar-refractivity contribution in [2.45, 2.75) is 12.8 Å². The Morgan fingerprint density at radius 3 is 3.00 bits per heavy atom. The maximum atomic E-state index is 11.9. The van der Waals surface area contributed by atoms with Crippen molar-refractivity contribution in [2.24, 2.45) is 5.92 Å². The first-order valence-electron chi connectivity index (χ1n) is 5.07. The number of amides is 1. The maximum Gasteiger partial charge on any atom is 0.290 e. The van der Waals surface area contributed by atoms with Crippen molar-refractivity contribution in [3.63, 3.8) is 0 Å². The second-order valence-corrected chi connectivity index (χ2v) is 3.81. The topological polar surface area (TPSA) is 33.5 Å². The first-order chi connectivity index (χ1) is 7.31. The first-order valence-corrected chi connectivity index (χ1v) is 5.07. The van der Waals surface area contributed by atoms with Crippen molar-refractivity contribution in [1.82, 2.24) is 4.90 Å². The van der Waals surface area contributed by atoms with Gasteiger partial charge in [0, 0.05) is 6.54 Å². The van der Waals surface area contributed by atoms with Gasteiger partial charge in [-0.05, 0) is 30.9 Å². The molecular formula is C12H13NO2. The Balaban J connectivity index is 2.03. The molecule has 3 nitrogen and oxygen atoms in total. The number of furan rings is 1. The van der Waals surface area contributed by atoms with E-state index in [1.807, 2.05) is 0 Å². The van der Waals surface area contributed by atoms with Crippen LogP contribution in [0.4, 0.5) is 0 Å². The molecule has 1 aromatic rings. The monoisotopic (exact) mass is 203 g/mol. The molecule has 78 valence electrons. The quantitative estimate of drug-likeness (QED) is 0.699. The fourth-order valence-corrected chi connectivity index (χ4v) is 1.50. The van der Waals surface area contributed by atoms with Crippen LogP contribution in [0.5, 0.6) is 0 Å². The molecule has 0 atom stereocenters. The zero-order valence-electron chi connectivity index (χ0n) is 8.48. The SMILES string of the molecule is C#CCN(CC1CC1)C(=O)c1ccco1. The summed E-state index contributed by atoms with van der Waals surface area (Å²) in [6.07, 6.45) is 9.14. The number of nitrogens with zero attached hydrogens (tertiary/aromatic N) is 1. The van der Waals surface area contributed by atoms with Crippen LogP contribution in [-0.2, 0) is 0 Å². The highest BCUT2D eigenvalue weighted by Crippen LogP contribution is 2.30. The fourth-order valence-electron chi connectivity index (χ4n) is 1.50. The van der Waals surface area contributed by atoms with Gasteiger partial charge < -0.3 is 9.32 Å². The summed E-state index contributed by atoms with van der Waals surface area (Å²) in [5.41, 5.74) is 0. The highest BCUT2D eigenvalue weighted by molar-refractivity contribution is 5.91. The van der Waals surface area contributed by atoms with Crippen molar-refractivity contribution in [3.05, 3.63) is 24.2 Å². The van der Waals surface area contributed by atoms with Crippen molar-refractivity contribution in [3.8, 4) is 12.3 Å². The van der Waals surface area contributed by atoms with E-state index >= 15 is 0 Å². The van der Waals surface area contributed by atoms with E-state index in [0.717, 1.165) is 6.54 Å². The molecule has 0 aromatic carbocycles. The highest BCUT2D eigenvalue weighted by Gasteiger charge is 2.27. The van der Waals surface area contributed by atoms with Gasteiger partial charge in [0.15, 0.2) is 5.76 Å². The van der Waals surface area contributed by atoms with Gasteiger partial charge in [0.1, 0.15) is 0 Å². The van der Waals surface area contributed by atoms with E-state index in [1.165, 1.54) is 19.1 Å². The van der Waals surface area contributed by atoms with Crippen molar-refractivity contribution >= 4 is 5.91 Å². The van der Waals surface area contributed by atoms with E-state index in [2.05, 4.69) is 5.92 Å². The Labute approximate surface area is 89.1 Å². The molecular weight excluding hydrogens is 190 g/mol. The zero-order valence-corrected chi connectivity index (χ0v) is 8.48. The molecule has 0 aliphatic heterocycles. The third-order valence-corrected chi connectivity index (χ3v) is 2.48. The van der Waals surface area contributed by atoms with Crippen LogP contribution in [0.15, 0.2) is 22.8 Å². The van der Waals surface area contributed by atoms with Gasteiger partial charge in [0.2, 0.25) is 0 Å². The lowest BCUT2D eigenvalue weighted by molar-refractivity contribution is 0.0738. The molecule has 1 fully saturated rings. The Bertz CT molecular complexity index is 371. The Morgan fingerprint density at radius 1 is 1.67 bits per heavy atom. The molecule has 0 saturated heterocycles. The molecule has 0 bridgehead atoms. The molecule has 1 aromatic heterocycles. The molecule has 0 N–H and O–H groups in total. The maximum absolute atomic E-state index is 11.9. The van der Waals surface area contributed by atoms with E-state index in [4.69, 9.17) is 10.8 Å². The summed E-state index contributed by atoms with van der Waals surface area (Å²) in [4.78, 5) is 13.6. The molecule has 1 amide bonds. The molecule has 15 heavy (non-hydrogen) atoms. The Morgan fingerprint density at radius 2 is 2.47 bits per heavy atom. The van der Waals surface area contributed by atoms with Gasteiger partial charge in [-0.15, -0.1) is 6.42 Å². The minimum absolute atomic E-state index is 0.107. The molecule has 0 unspecified atom stereocenters. The van der Waals surface area contributed by atoms with Gasteiger partial charge in [-0.25, -0.2) is 0 Å². The third kappa shape index (κ3) is 2.41. The van der Waals surface area contributed by atoms with Gasteiger partial charge in [-0.2, -0.15) is 0 Å². The number of carbonyl (C=O) groups excluding carboxylic acids is 1. The third-order valence-electron chi connectivity index (χ3n) is 2.48. The average Bonchev–Trinajstić information content (AvgIpc) is 2.88. The van der Waals surface area contributed by atoms with Crippen LogP contribution in [0.25, 0.3) is 0 Å². The first kappa shape index (κ1) is 9.85. The molecule has 1 aliphatic rings. The summed E-state index contributed by atoms with van der Waals surface area (Å²) in [6.45, 7) is 1.11. The molecule has 1 aliphatic carbocycles. The number of hydrogen-bond donors (Lipinski definition) is 0. The van der Waals surface area contributed by atoms with Crippen LogP contribution < -0.4 is 0 Å². The van der Waals surface area contributed by atoms with E-state index < -0.39 is 0 Å². The van der Waals surface area contributed by atoms with Crippen LogP contribution in [0.1, 0.15) is 23.4 Å². The lowest BCUT2D eigenvalue weighted by Crippen LogP contribution is -2.33. The summed E-state index contributed by atoms with van der Waals surface area (Å²) in [5, 5.41) is 0. The summed E-state index contributed by atoms with van der Waals surface area (Å²) in [5.74, 6) is 3.40. The van der Waals surface area contributed by atoms with Gasteiger partial charge in [-0.3, -0.25) is 4.79 Å². The fraction of sp³-hybridized carbons (Fsp3) is 0.417. The number of carbonyl (C=O) groups is 1. The van der Waals surface area contributed by atoms with E-state index in [0.29, 0.717) is 18.2 Å². The van der Waals surface area contributed by atoms with Crippen LogP contribution in [-0.4, -0.2) is 23.9 Å². The van der Waals surface area contributed by atoms with Crippen LogP contribution in [0.2, 0.25) is 0 Å². The van der Waals surface area contributed by atoms with Crippen molar-refractivity contribution in [1.29, 1.82) is 0 Å². The molecule has 0 spiro atoms. The predicted molar refractivity (Wildman–Crippen MR) is 56.2 cm³/mol. The normalized spacial score (nSPS) is 14.6. The largest absolute Gasteiger partial charge is 0.459 e.